The van der Waals surface area contributed by atoms with Crippen LogP contribution in [0.2, 0.25) is 0 Å². The van der Waals surface area contributed by atoms with Gasteiger partial charge in [0.15, 0.2) is 0 Å². The normalized spacial score (nSPS) is 18.6. The van der Waals surface area contributed by atoms with E-state index in [-0.39, 0.29) is 6.03 Å². The van der Waals surface area contributed by atoms with E-state index in [9.17, 15) is 15.0 Å². The smallest absolute Gasteiger partial charge is 0.319 e. The van der Waals surface area contributed by atoms with Gasteiger partial charge in [-0.2, -0.15) is 0 Å². The Morgan fingerprint density at radius 2 is 1.10 bits per heavy atom. The Hall–Kier alpha value is -2.69. The standard InChI is InChI=1S/C25H32N2O3/c1-17-15-21(3-5-23(17)28)19-7-11-26(12-8-19)25(30)27-13-9-20(10-14-27)22-4-6-24(29)18(2)16-22/h3-6,15-16,19-20,28-29H,7-14H2,1-2H3. The Labute approximate surface area is 178 Å². The number of carbonyl (C=O) groups excluding carboxylic acids is 1. The molecule has 2 N–H and O–H groups in total. The fourth-order valence-electron chi connectivity index (χ4n) is 4.87. The molecule has 0 atom stereocenters. The first kappa shape index (κ1) is 20.6. The van der Waals surface area contributed by atoms with Gasteiger partial charge in [0.1, 0.15) is 11.5 Å². The highest BCUT2D eigenvalue weighted by Gasteiger charge is 2.30. The average molecular weight is 409 g/mol. The molecule has 2 heterocycles. The summed E-state index contributed by atoms with van der Waals surface area (Å²) in [5, 5.41) is 19.5. The molecule has 5 heteroatoms. The van der Waals surface area contributed by atoms with Crippen LogP contribution in [0, 0.1) is 13.8 Å². The molecule has 2 aromatic carbocycles. The summed E-state index contributed by atoms with van der Waals surface area (Å²) in [5.41, 5.74) is 4.36. The molecule has 4 rings (SSSR count). The van der Waals surface area contributed by atoms with Crippen LogP contribution in [-0.4, -0.2) is 52.2 Å². The van der Waals surface area contributed by atoms with Crippen molar-refractivity contribution in [3.8, 4) is 11.5 Å². The molecule has 30 heavy (non-hydrogen) atoms. The van der Waals surface area contributed by atoms with E-state index in [0.29, 0.717) is 23.3 Å². The monoisotopic (exact) mass is 408 g/mol. The van der Waals surface area contributed by atoms with Crippen molar-refractivity contribution in [2.45, 2.75) is 51.4 Å². The number of benzene rings is 2. The lowest BCUT2D eigenvalue weighted by atomic mass is 9.88. The molecule has 0 aliphatic carbocycles. The number of likely N-dealkylation sites (tertiary alicyclic amines) is 2. The fraction of sp³-hybridized carbons (Fsp3) is 0.480. The first-order chi connectivity index (χ1) is 14.4. The molecule has 5 nitrogen and oxygen atoms in total. The van der Waals surface area contributed by atoms with Crippen LogP contribution in [0.5, 0.6) is 11.5 Å². The largest absolute Gasteiger partial charge is 0.508 e. The van der Waals surface area contributed by atoms with Crippen LogP contribution in [0.4, 0.5) is 4.79 Å². The topological polar surface area (TPSA) is 64.0 Å². The molecule has 2 aromatic rings. The number of piperidine rings is 2. The van der Waals surface area contributed by atoms with Crippen LogP contribution >= 0.6 is 0 Å². The molecule has 0 bridgehead atoms. The van der Waals surface area contributed by atoms with Crippen LogP contribution < -0.4 is 0 Å². The molecule has 2 aliphatic rings. The Bertz CT molecular complexity index is 837. The quantitative estimate of drug-likeness (QED) is 0.743. The van der Waals surface area contributed by atoms with E-state index in [1.54, 1.807) is 12.1 Å². The van der Waals surface area contributed by atoms with Crippen LogP contribution in [0.15, 0.2) is 36.4 Å². The van der Waals surface area contributed by atoms with Crippen LogP contribution in [0.3, 0.4) is 0 Å². The summed E-state index contributed by atoms with van der Waals surface area (Å²) in [6.07, 6.45) is 3.89. The Morgan fingerprint density at radius 3 is 1.43 bits per heavy atom. The first-order valence-corrected chi connectivity index (χ1v) is 11.0. The lowest BCUT2D eigenvalue weighted by Crippen LogP contribution is -2.48. The maximum absolute atomic E-state index is 13.0. The molecular weight excluding hydrogens is 376 g/mol. The number of phenols is 2. The first-order valence-electron chi connectivity index (χ1n) is 11.0. The van der Waals surface area contributed by atoms with E-state index in [2.05, 4.69) is 12.1 Å². The molecule has 0 aromatic heterocycles. The Morgan fingerprint density at radius 1 is 0.733 bits per heavy atom. The number of phenolic OH excluding ortho intramolecular Hbond substituents is 2. The van der Waals surface area contributed by atoms with E-state index in [1.165, 1.54) is 11.1 Å². The molecule has 0 radical (unpaired) electrons. The van der Waals surface area contributed by atoms with E-state index in [0.717, 1.165) is 63.0 Å². The highest BCUT2D eigenvalue weighted by molar-refractivity contribution is 5.74. The van der Waals surface area contributed by atoms with Gasteiger partial charge in [-0.15, -0.1) is 0 Å². The second-order valence-corrected chi connectivity index (χ2v) is 8.90. The minimum Gasteiger partial charge on any atom is -0.508 e. The van der Waals surface area contributed by atoms with Gasteiger partial charge in [0.2, 0.25) is 0 Å². The van der Waals surface area contributed by atoms with Gasteiger partial charge in [-0.1, -0.05) is 24.3 Å². The second kappa shape index (κ2) is 8.58. The van der Waals surface area contributed by atoms with Gasteiger partial charge in [-0.3, -0.25) is 0 Å². The summed E-state index contributed by atoms with van der Waals surface area (Å²) in [6.45, 7) is 7.03. The predicted molar refractivity (Wildman–Crippen MR) is 118 cm³/mol. The third-order valence-corrected chi connectivity index (χ3v) is 6.92. The zero-order valence-electron chi connectivity index (χ0n) is 18.0. The van der Waals surface area contributed by atoms with E-state index >= 15 is 0 Å². The minimum atomic E-state index is 0.177. The van der Waals surface area contributed by atoms with Crippen molar-refractivity contribution in [2.24, 2.45) is 0 Å². The third kappa shape index (κ3) is 4.25. The molecular formula is C25H32N2O3. The molecule has 2 aliphatic heterocycles. The lowest BCUT2D eigenvalue weighted by molar-refractivity contribution is 0.128. The Kier molecular flexibility index (Phi) is 5.89. The Balaban J connectivity index is 1.29. The highest BCUT2D eigenvalue weighted by atomic mass is 16.3. The van der Waals surface area contributed by atoms with Crippen molar-refractivity contribution in [3.05, 3.63) is 58.7 Å². The molecule has 2 fully saturated rings. The average Bonchev–Trinajstić information content (AvgIpc) is 2.77. The van der Waals surface area contributed by atoms with Gasteiger partial charge in [0, 0.05) is 26.2 Å². The predicted octanol–water partition coefficient (Wildman–Crippen LogP) is 4.89. The molecule has 0 saturated carbocycles. The van der Waals surface area contributed by atoms with E-state index in [4.69, 9.17) is 0 Å². The van der Waals surface area contributed by atoms with E-state index < -0.39 is 0 Å². The zero-order valence-corrected chi connectivity index (χ0v) is 18.0. The van der Waals surface area contributed by atoms with Crippen molar-refractivity contribution in [1.29, 1.82) is 0 Å². The summed E-state index contributed by atoms with van der Waals surface area (Å²) < 4.78 is 0. The molecule has 2 amide bonds. The maximum atomic E-state index is 13.0. The lowest BCUT2D eigenvalue weighted by Gasteiger charge is -2.39. The SMILES string of the molecule is Cc1cc(C2CCN(C(=O)N3CCC(c4ccc(O)c(C)c4)CC3)CC2)ccc1O. The number of rotatable bonds is 2. The highest BCUT2D eigenvalue weighted by Crippen LogP contribution is 2.33. The van der Waals surface area contributed by atoms with E-state index in [1.807, 2.05) is 35.8 Å². The van der Waals surface area contributed by atoms with Crippen molar-refractivity contribution in [2.75, 3.05) is 26.2 Å². The van der Waals surface area contributed by atoms with Crippen molar-refractivity contribution in [3.63, 3.8) is 0 Å². The number of nitrogens with zero attached hydrogens (tertiary/aromatic N) is 2. The fourth-order valence-corrected chi connectivity index (χ4v) is 4.87. The summed E-state index contributed by atoms with van der Waals surface area (Å²) in [7, 11) is 0. The summed E-state index contributed by atoms with van der Waals surface area (Å²) in [6, 6.07) is 11.9. The maximum Gasteiger partial charge on any atom is 0.319 e. The number of hydrogen-bond acceptors (Lipinski definition) is 3. The van der Waals surface area contributed by atoms with Gasteiger partial charge < -0.3 is 20.0 Å². The molecule has 0 spiro atoms. The van der Waals surface area contributed by atoms with Crippen molar-refractivity contribution >= 4 is 6.03 Å². The van der Waals surface area contributed by atoms with Crippen LogP contribution in [-0.2, 0) is 0 Å². The van der Waals surface area contributed by atoms with Crippen LogP contribution in [0.25, 0.3) is 0 Å². The summed E-state index contributed by atoms with van der Waals surface area (Å²) >= 11 is 0. The number of aryl methyl sites for hydroxylation is 2. The summed E-state index contributed by atoms with van der Waals surface area (Å²) in [4.78, 5) is 17.0. The molecule has 160 valence electrons. The minimum absolute atomic E-state index is 0.177. The molecule has 2 saturated heterocycles. The van der Waals surface area contributed by atoms with Crippen molar-refractivity contribution < 1.29 is 15.0 Å². The number of aromatic hydroxyl groups is 2. The van der Waals surface area contributed by atoms with Gasteiger partial charge in [-0.25, -0.2) is 4.79 Å². The number of carbonyl (C=O) groups is 1. The van der Waals surface area contributed by atoms with Gasteiger partial charge >= 0.3 is 6.03 Å². The zero-order chi connectivity index (χ0) is 21.3. The van der Waals surface area contributed by atoms with Gasteiger partial charge in [-0.05, 0) is 85.8 Å². The summed E-state index contributed by atoms with van der Waals surface area (Å²) in [5.74, 6) is 1.60. The third-order valence-electron chi connectivity index (χ3n) is 6.92. The molecule has 0 unspecified atom stereocenters. The number of amides is 2. The van der Waals surface area contributed by atoms with Crippen LogP contribution in [0.1, 0.15) is 59.8 Å². The number of hydrogen-bond donors (Lipinski definition) is 2. The second-order valence-electron chi connectivity index (χ2n) is 8.90. The van der Waals surface area contributed by atoms with Gasteiger partial charge in [0.25, 0.3) is 0 Å². The van der Waals surface area contributed by atoms with Crippen molar-refractivity contribution in [1.82, 2.24) is 9.80 Å². The number of urea groups is 1. The van der Waals surface area contributed by atoms with Gasteiger partial charge in [0.05, 0.1) is 0 Å².